The smallest absolute Gasteiger partial charge is 0.233 e. The Morgan fingerprint density at radius 1 is 1.44 bits per heavy atom. The molecule has 0 radical (unpaired) electrons. The van der Waals surface area contributed by atoms with Crippen molar-refractivity contribution in [1.82, 2.24) is 5.32 Å². The molecule has 1 amide bonds. The highest BCUT2D eigenvalue weighted by atomic mass is 35.5. The van der Waals surface area contributed by atoms with Crippen molar-refractivity contribution in [3.8, 4) is 0 Å². The lowest BCUT2D eigenvalue weighted by Crippen LogP contribution is -2.36. The number of halogens is 1. The van der Waals surface area contributed by atoms with E-state index in [1.807, 2.05) is 37.4 Å². The van der Waals surface area contributed by atoms with E-state index in [2.05, 4.69) is 5.32 Å². The predicted molar refractivity (Wildman–Crippen MR) is 77.2 cm³/mol. The topological polar surface area (TPSA) is 38.3 Å². The Labute approximate surface area is 117 Å². The molecular weight excluding hydrogens is 270 g/mol. The van der Waals surface area contributed by atoms with Crippen molar-refractivity contribution in [3.05, 3.63) is 34.9 Å². The van der Waals surface area contributed by atoms with Crippen molar-refractivity contribution >= 4 is 29.3 Å². The summed E-state index contributed by atoms with van der Waals surface area (Å²) in [5.74, 6) is 0.0134. The first-order valence-corrected chi connectivity index (χ1v) is 7.32. The Kier molecular flexibility index (Phi) is 6.54. The van der Waals surface area contributed by atoms with Gasteiger partial charge in [-0.2, -0.15) is 11.8 Å². The largest absolute Gasteiger partial charge is 0.382 e. The van der Waals surface area contributed by atoms with Crippen LogP contribution in [-0.4, -0.2) is 31.1 Å². The van der Waals surface area contributed by atoms with Gasteiger partial charge in [0.05, 0.1) is 17.9 Å². The summed E-state index contributed by atoms with van der Waals surface area (Å²) >= 11 is 7.37. The summed E-state index contributed by atoms with van der Waals surface area (Å²) in [4.78, 5) is 11.9. The van der Waals surface area contributed by atoms with Gasteiger partial charge in [-0.15, -0.1) is 0 Å². The minimum absolute atomic E-state index is 0.0134. The zero-order valence-electron chi connectivity index (χ0n) is 10.8. The summed E-state index contributed by atoms with van der Waals surface area (Å²) in [6.45, 7) is 2.32. The van der Waals surface area contributed by atoms with E-state index in [1.54, 1.807) is 7.11 Å². The lowest BCUT2D eigenvalue weighted by Gasteiger charge is -2.20. The number of hydrogen-bond acceptors (Lipinski definition) is 3. The highest BCUT2D eigenvalue weighted by Gasteiger charge is 2.18. The van der Waals surface area contributed by atoms with Gasteiger partial charge in [-0.05, 0) is 30.9 Å². The van der Waals surface area contributed by atoms with Gasteiger partial charge in [-0.1, -0.05) is 23.7 Å². The summed E-state index contributed by atoms with van der Waals surface area (Å²) in [7, 11) is 1.62. The van der Waals surface area contributed by atoms with Gasteiger partial charge in [0.25, 0.3) is 0 Å². The number of methoxy groups -OCH3 is 1. The first kappa shape index (κ1) is 15.3. The van der Waals surface area contributed by atoms with E-state index in [0.29, 0.717) is 11.6 Å². The van der Waals surface area contributed by atoms with Crippen LogP contribution < -0.4 is 5.32 Å². The molecule has 1 rings (SSSR count). The number of hydrogen-bond donors (Lipinski definition) is 1. The molecule has 18 heavy (non-hydrogen) atoms. The van der Waals surface area contributed by atoms with Crippen LogP contribution in [0.3, 0.4) is 0 Å². The lowest BCUT2D eigenvalue weighted by molar-refractivity contribution is -0.121. The van der Waals surface area contributed by atoms with Gasteiger partial charge in [0, 0.05) is 12.1 Å². The molecule has 0 fully saturated rings. The van der Waals surface area contributed by atoms with Crippen LogP contribution in [-0.2, 0) is 9.53 Å². The number of carbonyl (C=O) groups excluding carboxylic acids is 1. The van der Waals surface area contributed by atoms with Gasteiger partial charge in [0.2, 0.25) is 5.91 Å². The molecule has 100 valence electrons. The van der Waals surface area contributed by atoms with Crippen LogP contribution >= 0.6 is 23.4 Å². The Bertz CT molecular complexity index is 383. The van der Waals surface area contributed by atoms with Crippen LogP contribution in [0.5, 0.6) is 0 Å². The fraction of sp³-hybridized carbons (Fsp3) is 0.462. The quantitative estimate of drug-likeness (QED) is 0.874. The van der Waals surface area contributed by atoms with Gasteiger partial charge in [0.15, 0.2) is 0 Å². The van der Waals surface area contributed by atoms with Crippen LogP contribution in [0.1, 0.15) is 18.5 Å². The number of benzene rings is 1. The maximum absolute atomic E-state index is 11.9. The third-order valence-electron chi connectivity index (χ3n) is 2.64. The highest BCUT2D eigenvalue weighted by Crippen LogP contribution is 2.18. The number of nitrogens with one attached hydrogen (secondary N) is 1. The van der Waals surface area contributed by atoms with Gasteiger partial charge in [-0.3, -0.25) is 4.79 Å². The second kappa shape index (κ2) is 7.67. The molecule has 0 heterocycles. The molecule has 1 aromatic rings. The van der Waals surface area contributed by atoms with Gasteiger partial charge < -0.3 is 10.1 Å². The van der Waals surface area contributed by atoms with Crippen LogP contribution in [0.15, 0.2) is 24.3 Å². The monoisotopic (exact) mass is 287 g/mol. The van der Waals surface area contributed by atoms with E-state index in [9.17, 15) is 4.79 Å². The van der Waals surface area contributed by atoms with Crippen LogP contribution in [0, 0.1) is 0 Å². The van der Waals surface area contributed by atoms with E-state index in [4.69, 9.17) is 16.3 Å². The Balaban J connectivity index is 2.76. The van der Waals surface area contributed by atoms with E-state index >= 15 is 0 Å². The minimum atomic E-state index is -0.144. The average Bonchev–Trinajstić information content (AvgIpc) is 2.38. The Morgan fingerprint density at radius 2 is 2.06 bits per heavy atom. The molecule has 0 aliphatic heterocycles. The molecule has 0 aliphatic carbocycles. The second-order valence-electron chi connectivity index (χ2n) is 3.95. The Morgan fingerprint density at radius 3 is 2.56 bits per heavy atom. The molecule has 0 saturated heterocycles. The Hall–Kier alpha value is -0.710. The van der Waals surface area contributed by atoms with E-state index in [-0.39, 0.29) is 17.2 Å². The zero-order chi connectivity index (χ0) is 13.5. The van der Waals surface area contributed by atoms with Crippen molar-refractivity contribution in [2.24, 2.45) is 0 Å². The van der Waals surface area contributed by atoms with E-state index in [0.717, 1.165) is 5.56 Å². The molecule has 0 unspecified atom stereocenters. The fourth-order valence-corrected chi connectivity index (χ4v) is 1.89. The minimum Gasteiger partial charge on any atom is -0.382 e. The molecule has 3 nitrogen and oxygen atoms in total. The van der Waals surface area contributed by atoms with E-state index in [1.165, 1.54) is 11.8 Å². The maximum atomic E-state index is 11.9. The third-order valence-corrected chi connectivity index (χ3v) is 3.82. The lowest BCUT2D eigenvalue weighted by atomic mass is 10.1. The molecule has 0 bridgehead atoms. The molecule has 0 aromatic heterocycles. The fourth-order valence-electron chi connectivity index (χ4n) is 1.48. The first-order valence-electron chi connectivity index (χ1n) is 5.66. The highest BCUT2D eigenvalue weighted by molar-refractivity contribution is 7.99. The van der Waals surface area contributed by atoms with Crippen molar-refractivity contribution in [2.45, 2.75) is 18.2 Å². The molecule has 5 heteroatoms. The SMILES string of the molecule is COC[C@@H](NC(=O)[C@@H](C)SC)c1ccc(Cl)cc1. The molecule has 0 spiro atoms. The zero-order valence-corrected chi connectivity index (χ0v) is 12.3. The van der Waals surface area contributed by atoms with Crippen molar-refractivity contribution in [3.63, 3.8) is 0 Å². The number of ether oxygens (including phenoxy) is 1. The third kappa shape index (κ3) is 4.52. The van der Waals surface area contributed by atoms with Crippen molar-refractivity contribution < 1.29 is 9.53 Å². The summed E-state index contributed by atoms with van der Waals surface area (Å²) < 4.78 is 5.15. The van der Waals surface area contributed by atoms with Gasteiger partial charge in [-0.25, -0.2) is 0 Å². The number of amides is 1. The van der Waals surface area contributed by atoms with E-state index < -0.39 is 0 Å². The molecular formula is C13H18ClNO2S. The van der Waals surface area contributed by atoms with Crippen molar-refractivity contribution in [1.29, 1.82) is 0 Å². The van der Waals surface area contributed by atoms with Crippen molar-refractivity contribution in [2.75, 3.05) is 20.0 Å². The maximum Gasteiger partial charge on any atom is 0.233 e. The summed E-state index contributed by atoms with van der Waals surface area (Å²) in [6, 6.07) is 7.27. The number of rotatable bonds is 6. The average molecular weight is 288 g/mol. The summed E-state index contributed by atoms with van der Waals surface area (Å²) in [5, 5.41) is 3.58. The van der Waals surface area contributed by atoms with Crippen LogP contribution in [0.4, 0.5) is 0 Å². The van der Waals surface area contributed by atoms with Gasteiger partial charge >= 0.3 is 0 Å². The normalized spacial score (nSPS) is 14.0. The number of thioether (sulfide) groups is 1. The second-order valence-corrected chi connectivity index (χ2v) is 5.56. The molecule has 1 N–H and O–H groups in total. The molecule has 2 atom stereocenters. The molecule has 0 aliphatic rings. The van der Waals surface area contributed by atoms with Gasteiger partial charge in [0.1, 0.15) is 0 Å². The first-order chi connectivity index (χ1) is 8.58. The predicted octanol–water partition coefficient (Wildman–Crippen LogP) is 2.90. The molecule has 1 aromatic carbocycles. The summed E-state index contributed by atoms with van der Waals surface area (Å²) in [5.41, 5.74) is 0.989. The van der Waals surface area contributed by atoms with Crippen LogP contribution in [0.25, 0.3) is 0 Å². The number of carbonyl (C=O) groups is 1. The van der Waals surface area contributed by atoms with Crippen LogP contribution in [0.2, 0.25) is 5.02 Å². The molecule has 0 saturated carbocycles. The summed E-state index contributed by atoms with van der Waals surface area (Å²) in [6.07, 6.45) is 1.91. The standard InChI is InChI=1S/C13H18ClNO2S/c1-9(18-3)13(16)15-12(8-17-2)10-4-6-11(14)7-5-10/h4-7,9,12H,8H2,1-3H3,(H,15,16)/t9-,12-/m1/s1.